The average Bonchev–Trinajstić information content (AvgIpc) is 3.24. The predicted molar refractivity (Wildman–Crippen MR) is 97.8 cm³/mol. The quantitative estimate of drug-likeness (QED) is 0.787. The zero-order valence-electron chi connectivity index (χ0n) is 14.6. The third-order valence-electron chi connectivity index (χ3n) is 4.55. The number of nitrogens with zero attached hydrogens (tertiary/aromatic N) is 4. The number of benzene rings is 1. The molecule has 1 aromatic carbocycles. The van der Waals surface area contributed by atoms with E-state index in [1.165, 1.54) is 12.8 Å². The first-order valence-corrected chi connectivity index (χ1v) is 8.39. The van der Waals surface area contributed by atoms with Crippen LogP contribution in [0.25, 0.3) is 11.3 Å². The van der Waals surface area contributed by atoms with Gasteiger partial charge in [0.25, 0.3) is 12.4 Å². The third kappa shape index (κ3) is 3.44. The lowest BCUT2D eigenvalue weighted by Crippen LogP contribution is -2.19. The van der Waals surface area contributed by atoms with Gasteiger partial charge in [-0.05, 0) is 30.5 Å². The molecular formula is C18H21N5O3. The molecule has 1 saturated heterocycles. The fraction of sp³-hybridized carbons (Fsp3) is 0.333. The van der Waals surface area contributed by atoms with Gasteiger partial charge in [0.15, 0.2) is 0 Å². The summed E-state index contributed by atoms with van der Waals surface area (Å²) in [5.74, 6) is 1.25. The van der Waals surface area contributed by atoms with Gasteiger partial charge >= 0.3 is 0 Å². The maximum Gasteiger partial charge on any atom is 0.290 e. The summed E-state index contributed by atoms with van der Waals surface area (Å²) in [4.78, 5) is 33.1. The van der Waals surface area contributed by atoms with E-state index in [9.17, 15) is 4.79 Å². The highest BCUT2D eigenvalue weighted by atomic mass is 16.3. The van der Waals surface area contributed by atoms with Crippen LogP contribution < -0.4 is 10.6 Å². The molecule has 2 aliphatic heterocycles. The van der Waals surface area contributed by atoms with E-state index in [0.717, 1.165) is 41.3 Å². The lowest BCUT2D eigenvalue weighted by atomic mass is 10.0. The van der Waals surface area contributed by atoms with Crippen molar-refractivity contribution in [3.63, 3.8) is 0 Å². The number of amides is 1. The summed E-state index contributed by atoms with van der Waals surface area (Å²) in [5.41, 5.74) is 9.51. The number of hydrogen-bond acceptors (Lipinski definition) is 6. The molecule has 8 nitrogen and oxygen atoms in total. The SMILES string of the molecule is CN1Cc2cc(-c3cc(N4CCCC4)nc(N)n3)ccc2C1=O.O=CO. The Morgan fingerprint density at radius 2 is 1.88 bits per heavy atom. The minimum atomic E-state index is -0.250. The summed E-state index contributed by atoms with van der Waals surface area (Å²) in [5, 5.41) is 6.89. The van der Waals surface area contributed by atoms with Gasteiger partial charge < -0.3 is 20.6 Å². The minimum Gasteiger partial charge on any atom is -0.483 e. The second-order valence-corrected chi connectivity index (χ2v) is 6.30. The average molecular weight is 355 g/mol. The Morgan fingerprint density at radius 3 is 2.58 bits per heavy atom. The molecule has 2 aliphatic rings. The number of aromatic nitrogens is 2. The maximum absolute atomic E-state index is 12.0. The Kier molecular flexibility index (Phi) is 5.01. The number of nitrogen functional groups attached to an aromatic ring is 1. The number of anilines is 2. The number of carbonyl (C=O) groups excluding carboxylic acids is 1. The molecule has 0 spiro atoms. The largest absolute Gasteiger partial charge is 0.483 e. The van der Waals surface area contributed by atoms with Crippen molar-refractivity contribution in [1.82, 2.24) is 14.9 Å². The summed E-state index contributed by atoms with van der Waals surface area (Å²) >= 11 is 0. The Labute approximate surface area is 151 Å². The van der Waals surface area contributed by atoms with Crippen molar-refractivity contribution >= 4 is 24.1 Å². The van der Waals surface area contributed by atoms with Gasteiger partial charge in [-0.25, -0.2) is 4.98 Å². The minimum absolute atomic E-state index is 0.0755. The van der Waals surface area contributed by atoms with E-state index in [2.05, 4.69) is 14.9 Å². The van der Waals surface area contributed by atoms with Gasteiger partial charge in [0.1, 0.15) is 5.82 Å². The van der Waals surface area contributed by atoms with E-state index < -0.39 is 0 Å². The molecule has 0 atom stereocenters. The molecule has 1 aromatic heterocycles. The molecule has 3 heterocycles. The van der Waals surface area contributed by atoms with E-state index in [1.807, 2.05) is 31.3 Å². The van der Waals surface area contributed by atoms with Crippen molar-refractivity contribution in [2.75, 3.05) is 30.8 Å². The predicted octanol–water partition coefficient (Wildman–Crippen LogP) is 1.61. The van der Waals surface area contributed by atoms with Crippen LogP contribution in [0, 0.1) is 0 Å². The first-order valence-electron chi connectivity index (χ1n) is 8.39. The van der Waals surface area contributed by atoms with Gasteiger partial charge in [0.2, 0.25) is 5.95 Å². The molecule has 2 aromatic rings. The van der Waals surface area contributed by atoms with Crippen LogP contribution >= 0.6 is 0 Å². The Balaban J connectivity index is 0.000000613. The van der Waals surface area contributed by atoms with Crippen LogP contribution in [0.2, 0.25) is 0 Å². The normalized spacial score (nSPS) is 15.5. The van der Waals surface area contributed by atoms with E-state index in [4.69, 9.17) is 15.6 Å². The zero-order chi connectivity index (χ0) is 18.7. The fourth-order valence-corrected chi connectivity index (χ4v) is 3.33. The van der Waals surface area contributed by atoms with Crippen LogP contribution in [0.4, 0.5) is 11.8 Å². The van der Waals surface area contributed by atoms with E-state index >= 15 is 0 Å². The highest BCUT2D eigenvalue weighted by Gasteiger charge is 2.24. The number of rotatable bonds is 2. The monoisotopic (exact) mass is 355 g/mol. The van der Waals surface area contributed by atoms with E-state index in [1.54, 1.807) is 4.90 Å². The Morgan fingerprint density at radius 1 is 1.19 bits per heavy atom. The molecule has 136 valence electrons. The lowest BCUT2D eigenvalue weighted by Gasteiger charge is -2.17. The van der Waals surface area contributed by atoms with Crippen LogP contribution in [0.3, 0.4) is 0 Å². The van der Waals surface area contributed by atoms with Crippen molar-refractivity contribution in [3.05, 3.63) is 35.4 Å². The summed E-state index contributed by atoms with van der Waals surface area (Å²) in [7, 11) is 1.82. The molecular weight excluding hydrogens is 334 g/mol. The van der Waals surface area contributed by atoms with Crippen molar-refractivity contribution in [2.24, 2.45) is 0 Å². The topological polar surface area (TPSA) is 113 Å². The lowest BCUT2D eigenvalue weighted by molar-refractivity contribution is -0.122. The molecule has 4 rings (SSSR count). The fourth-order valence-electron chi connectivity index (χ4n) is 3.33. The van der Waals surface area contributed by atoms with E-state index in [-0.39, 0.29) is 18.3 Å². The summed E-state index contributed by atoms with van der Waals surface area (Å²) in [6.07, 6.45) is 2.37. The Bertz CT molecular complexity index is 834. The summed E-state index contributed by atoms with van der Waals surface area (Å²) < 4.78 is 0. The molecule has 0 saturated carbocycles. The second kappa shape index (κ2) is 7.38. The number of fused-ring (bicyclic) bond motifs is 1. The standard InChI is InChI=1S/C17H19N5O.CH2O2/c1-21-10-12-8-11(4-5-13(12)16(21)23)14-9-15(20-17(18)19-14)22-6-2-3-7-22;2-1-3/h4-5,8-9H,2-3,6-7,10H2,1H3,(H2,18,19,20);1H,(H,2,3). The van der Waals surface area contributed by atoms with Crippen LogP contribution in [-0.4, -0.2) is 52.5 Å². The molecule has 26 heavy (non-hydrogen) atoms. The van der Waals surface area contributed by atoms with Gasteiger partial charge in [-0.1, -0.05) is 6.07 Å². The second-order valence-electron chi connectivity index (χ2n) is 6.30. The summed E-state index contributed by atoms with van der Waals surface area (Å²) in [6, 6.07) is 7.84. The van der Waals surface area contributed by atoms with Gasteiger partial charge in [-0.2, -0.15) is 4.98 Å². The molecule has 0 unspecified atom stereocenters. The summed E-state index contributed by atoms with van der Waals surface area (Å²) in [6.45, 7) is 2.42. The first kappa shape index (κ1) is 17.7. The van der Waals surface area contributed by atoms with Crippen LogP contribution in [0.5, 0.6) is 0 Å². The molecule has 8 heteroatoms. The van der Waals surface area contributed by atoms with Crippen molar-refractivity contribution in [3.8, 4) is 11.3 Å². The van der Waals surface area contributed by atoms with Gasteiger partial charge in [-0.3, -0.25) is 9.59 Å². The molecule has 0 bridgehead atoms. The molecule has 1 amide bonds. The maximum atomic E-state index is 12.0. The van der Waals surface area contributed by atoms with Crippen molar-refractivity contribution in [1.29, 1.82) is 0 Å². The van der Waals surface area contributed by atoms with Crippen molar-refractivity contribution in [2.45, 2.75) is 19.4 Å². The molecule has 0 radical (unpaired) electrons. The van der Waals surface area contributed by atoms with E-state index in [0.29, 0.717) is 6.54 Å². The van der Waals surface area contributed by atoms with Crippen LogP contribution in [-0.2, 0) is 11.3 Å². The number of hydrogen-bond donors (Lipinski definition) is 2. The number of nitrogens with two attached hydrogens (primary N) is 1. The highest BCUT2D eigenvalue weighted by molar-refractivity contribution is 5.98. The molecule has 1 fully saturated rings. The van der Waals surface area contributed by atoms with Crippen LogP contribution in [0.1, 0.15) is 28.8 Å². The number of carbonyl (C=O) groups is 2. The molecule has 3 N–H and O–H groups in total. The van der Waals surface area contributed by atoms with Gasteiger partial charge in [0, 0.05) is 43.9 Å². The number of carboxylic acid groups (broad SMARTS) is 1. The third-order valence-corrected chi connectivity index (χ3v) is 4.55. The van der Waals surface area contributed by atoms with Gasteiger partial charge in [-0.15, -0.1) is 0 Å². The van der Waals surface area contributed by atoms with Gasteiger partial charge in [0.05, 0.1) is 5.69 Å². The zero-order valence-corrected chi connectivity index (χ0v) is 14.6. The highest BCUT2D eigenvalue weighted by Crippen LogP contribution is 2.29. The molecule has 0 aliphatic carbocycles. The van der Waals surface area contributed by atoms with Crippen LogP contribution in [0.15, 0.2) is 24.3 Å². The first-order chi connectivity index (χ1) is 12.5. The Hall–Kier alpha value is -3.16. The smallest absolute Gasteiger partial charge is 0.290 e. The van der Waals surface area contributed by atoms with Crippen molar-refractivity contribution < 1.29 is 14.7 Å².